The zero-order valence-corrected chi connectivity index (χ0v) is 11.1. The lowest BCUT2D eigenvalue weighted by molar-refractivity contribution is 0.444. The number of fused-ring (bicyclic) bond motifs is 1. The zero-order chi connectivity index (χ0) is 13.2. The minimum Gasteiger partial charge on any atom is -0.360 e. The van der Waals surface area contributed by atoms with Crippen LogP contribution >= 0.6 is 0 Å². The Morgan fingerprint density at radius 3 is 2.67 bits per heavy atom. The lowest BCUT2D eigenvalue weighted by Gasteiger charge is -2.31. The quantitative estimate of drug-likeness (QED) is 0.835. The van der Waals surface area contributed by atoms with Crippen LogP contribution in [0.3, 0.4) is 0 Å². The molecule has 2 rings (SSSR count). The lowest BCUT2D eigenvalue weighted by atomic mass is 9.93. The number of hydrogen-bond acceptors (Lipinski definition) is 5. The minimum absolute atomic E-state index is 0.130. The lowest BCUT2D eigenvalue weighted by Crippen LogP contribution is -2.44. The van der Waals surface area contributed by atoms with Crippen molar-refractivity contribution in [1.29, 1.82) is 0 Å². The van der Waals surface area contributed by atoms with Crippen molar-refractivity contribution < 1.29 is 0 Å². The van der Waals surface area contributed by atoms with Crippen molar-refractivity contribution in [1.82, 2.24) is 19.6 Å². The third-order valence-electron chi connectivity index (χ3n) is 3.63. The van der Waals surface area contributed by atoms with Gasteiger partial charge in [-0.25, -0.2) is 4.98 Å². The first kappa shape index (κ1) is 12.8. The molecule has 2 aromatic rings. The zero-order valence-electron chi connectivity index (χ0n) is 11.1. The second-order valence-corrected chi connectivity index (χ2v) is 4.53. The molecule has 0 bridgehead atoms. The molecule has 0 saturated heterocycles. The first-order valence-electron chi connectivity index (χ1n) is 6.30. The predicted molar refractivity (Wildman–Crippen MR) is 71.5 cm³/mol. The molecule has 0 aliphatic carbocycles. The van der Waals surface area contributed by atoms with Crippen LogP contribution in [0.25, 0.3) is 5.65 Å². The molecule has 0 fully saturated rings. The monoisotopic (exact) mass is 248 g/mol. The number of aryl methyl sites for hydroxylation is 1. The molecule has 2 aromatic heterocycles. The molecule has 0 aliphatic rings. The van der Waals surface area contributed by atoms with Crippen molar-refractivity contribution in [2.24, 2.45) is 5.73 Å². The average molecular weight is 248 g/mol. The Hall–Kier alpha value is -1.69. The first-order chi connectivity index (χ1) is 8.65. The minimum atomic E-state index is -0.130. The Kier molecular flexibility index (Phi) is 3.47. The summed E-state index contributed by atoms with van der Waals surface area (Å²) in [4.78, 5) is 4.36. The summed E-state index contributed by atoms with van der Waals surface area (Å²) in [5, 5.41) is 11.7. The summed E-state index contributed by atoms with van der Waals surface area (Å²) in [7, 11) is 0. The second kappa shape index (κ2) is 4.89. The number of aromatic nitrogens is 4. The van der Waals surface area contributed by atoms with Gasteiger partial charge < -0.3 is 11.1 Å². The van der Waals surface area contributed by atoms with Crippen molar-refractivity contribution in [3.05, 3.63) is 18.2 Å². The summed E-state index contributed by atoms with van der Waals surface area (Å²) < 4.78 is 1.92. The number of rotatable bonds is 5. The standard InChI is InChI=1S/C12H20N6/c1-4-12(5-2,8-13)15-10-11-17-16-9(3)18(11)7-6-14-10/h6-7H,4-5,8,13H2,1-3H3,(H,14,15). The van der Waals surface area contributed by atoms with Gasteiger partial charge in [-0.05, 0) is 19.8 Å². The smallest absolute Gasteiger partial charge is 0.203 e. The average Bonchev–Trinajstić information content (AvgIpc) is 2.79. The molecule has 3 N–H and O–H groups in total. The van der Waals surface area contributed by atoms with Crippen LogP contribution in [0.15, 0.2) is 12.4 Å². The fourth-order valence-electron chi connectivity index (χ4n) is 2.05. The topological polar surface area (TPSA) is 81.1 Å². The number of nitrogens with zero attached hydrogens (tertiary/aromatic N) is 4. The van der Waals surface area contributed by atoms with Gasteiger partial charge in [0, 0.05) is 18.9 Å². The molecule has 6 nitrogen and oxygen atoms in total. The van der Waals surface area contributed by atoms with E-state index in [1.165, 1.54) is 0 Å². The van der Waals surface area contributed by atoms with E-state index in [2.05, 4.69) is 34.3 Å². The van der Waals surface area contributed by atoms with Crippen molar-refractivity contribution in [3.8, 4) is 0 Å². The van der Waals surface area contributed by atoms with Crippen LogP contribution in [0, 0.1) is 6.92 Å². The second-order valence-electron chi connectivity index (χ2n) is 4.53. The predicted octanol–water partition coefficient (Wildman–Crippen LogP) is 1.36. The van der Waals surface area contributed by atoms with E-state index in [-0.39, 0.29) is 5.54 Å². The molecule has 0 atom stereocenters. The number of nitrogens with two attached hydrogens (primary N) is 1. The summed E-state index contributed by atoms with van der Waals surface area (Å²) in [6.45, 7) is 6.73. The third-order valence-corrected chi connectivity index (χ3v) is 3.63. The van der Waals surface area contributed by atoms with Gasteiger partial charge in [0.05, 0.1) is 5.54 Å². The highest BCUT2D eigenvalue weighted by Crippen LogP contribution is 2.22. The van der Waals surface area contributed by atoms with E-state index in [9.17, 15) is 0 Å². The molecule has 0 unspecified atom stereocenters. The molecule has 6 heteroatoms. The molecule has 0 radical (unpaired) electrons. The van der Waals surface area contributed by atoms with E-state index >= 15 is 0 Å². The van der Waals surface area contributed by atoms with E-state index in [0.29, 0.717) is 6.54 Å². The highest BCUT2D eigenvalue weighted by atomic mass is 15.3. The van der Waals surface area contributed by atoms with E-state index in [1.807, 2.05) is 17.5 Å². The molecule has 98 valence electrons. The largest absolute Gasteiger partial charge is 0.360 e. The van der Waals surface area contributed by atoms with Crippen LogP contribution in [-0.2, 0) is 0 Å². The summed E-state index contributed by atoms with van der Waals surface area (Å²) in [5.41, 5.74) is 6.51. The first-order valence-corrected chi connectivity index (χ1v) is 6.30. The molecule has 0 amide bonds. The van der Waals surface area contributed by atoms with Gasteiger partial charge in [0.2, 0.25) is 5.65 Å². The molecular formula is C12H20N6. The van der Waals surface area contributed by atoms with Gasteiger partial charge in [-0.15, -0.1) is 10.2 Å². The molecule has 0 aromatic carbocycles. The molecule has 18 heavy (non-hydrogen) atoms. The molecule has 0 spiro atoms. The van der Waals surface area contributed by atoms with Crippen LogP contribution in [0.2, 0.25) is 0 Å². The Balaban J connectivity index is 2.42. The maximum absolute atomic E-state index is 5.89. The number of nitrogens with one attached hydrogen (secondary N) is 1. The normalized spacial score (nSPS) is 12.0. The Labute approximate surface area is 107 Å². The van der Waals surface area contributed by atoms with Crippen LogP contribution in [-0.4, -0.2) is 31.7 Å². The summed E-state index contributed by atoms with van der Waals surface area (Å²) in [5.74, 6) is 1.59. The molecule has 2 heterocycles. The van der Waals surface area contributed by atoms with Gasteiger partial charge in [-0.1, -0.05) is 13.8 Å². The molecular weight excluding hydrogens is 228 g/mol. The maximum atomic E-state index is 5.89. The maximum Gasteiger partial charge on any atom is 0.203 e. The third kappa shape index (κ3) is 2.03. The number of anilines is 1. The fourth-order valence-corrected chi connectivity index (χ4v) is 2.05. The summed E-state index contributed by atoms with van der Waals surface area (Å²) >= 11 is 0. The van der Waals surface area contributed by atoms with Gasteiger partial charge in [-0.3, -0.25) is 4.40 Å². The van der Waals surface area contributed by atoms with Crippen molar-refractivity contribution in [3.63, 3.8) is 0 Å². The van der Waals surface area contributed by atoms with E-state index in [1.54, 1.807) is 6.20 Å². The Morgan fingerprint density at radius 2 is 2.06 bits per heavy atom. The fraction of sp³-hybridized carbons (Fsp3) is 0.583. The Bertz CT molecular complexity index is 520. The van der Waals surface area contributed by atoms with Crippen molar-refractivity contribution in [2.45, 2.75) is 39.2 Å². The van der Waals surface area contributed by atoms with E-state index < -0.39 is 0 Å². The Morgan fingerprint density at radius 1 is 1.33 bits per heavy atom. The number of hydrogen-bond donors (Lipinski definition) is 2. The van der Waals surface area contributed by atoms with Gasteiger partial charge in [0.25, 0.3) is 0 Å². The van der Waals surface area contributed by atoms with Crippen LogP contribution in [0.4, 0.5) is 5.82 Å². The molecule has 0 saturated carbocycles. The molecule has 0 aliphatic heterocycles. The van der Waals surface area contributed by atoms with Gasteiger partial charge in [0.1, 0.15) is 5.82 Å². The van der Waals surface area contributed by atoms with Crippen LogP contribution in [0.5, 0.6) is 0 Å². The summed E-state index contributed by atoms with van der Waals surface area (Å²) in [6, 6.07) is 0. The highest BCUT2D eigenvalue weighted by Gasteiger charge is 2.25. The van der Waals surface area contributed by atoms with Gasteiger partial charge in [0.15, 0.2) is 5.82 Å². The van der Waals surface area contributed by atoms with E-state index in [4.69, 9.17) is 5.73 Å². The van der Waals surface area contributed by atoms with Crippen molar-refractivity contribution >= 4 is 11.5 Å². The van der Waals surface area contributed by atoms with Crippen molar-refractivity contribution in [2.75, 3.05) is 11.9 Å². The van der Waals surface area contributed by atoms with E-state index in [0.717, 1.165) is 30.1 Å². The van der Waals surface area contributed by atoms with Crippen LogP contribution in [0.1, 0.15) is 32.5 Å². The van der Waals surface area contributed by atoms with Gasteiger partial charge >= 0.3 is 0 Å². The van der Waals surface area contributed by atoms with Crippen LogP contribution < -0.4 is 11.1 Å². The summed E-state index contributed by atoms with van der Waals surface area (Å²) in [6.07, 6.45) is 5.49. The highest BCUT2D eigenvalue weighted by molar-refractivity contribution is 5.63. The SMILES string of the molecule is CCC(CC)(CN)Nc1nccn2c(C)nnc12. The van der Waals surface area contributed by atoms with Gasteiger partial charge in [-0.2, -0.15) is 0 Å².